The largest absolute Gasteiger partial charge is 0.290 e. The molecule has 0 amide bonds. The molecule has 0 saturated heterocycles. The predicted molar refractivity (Wildman–Crippen MR) is 109 cm³/mol. The third-order valence-electron chi connectivity index (χ3n) is 4.98. The summed E-state index contributed by atoms with van der Waals surface area (Å²) in [6, 6.07) is 29.3. The van der Waals surface area contributed by atoms with Crippen molar-refractivity contribution < 1.29 is 4.79 Å². The Morgan fingerprint density at radius 1 is 0.462 bits per heavy atom. The molecule has 26 heavy (non-hydrogen) atoms. The first-order valence-corrected chi connectivity index (χ1v) is 8.74. The van der Waals surface area contributed by atoms with Gasteiger partial charge in [0.25, 0.3) is 0 Å². The maximum absolute atomic E-state index is 12.2. The monoisotopic (exact) mass is 332 g/mol. The van der Waals surface area contributed by atoms with Crippen LogP contribution in [-0.4, -0.2) is 5.78 Å². The Labute approximate surface area is 151 Å². The van der Waals surface area contributed by atoms with Crippen LogP contribution in [0.2, 0.25) is 0 Å². The van der Waals surface area contributed by atoms with Gasteiger partial charge in [0, 0.05) is 0 Å². The highest BCUT2D eigenvalue weighted by atomic mass is 16.1. The number of hydrogen-bond donors (Lipinski definition) is 0. The van der Waals surface area contributed by atoms with Crippen molar-refractivity contribution in [1.29, 1.82) is 0 Å². The maximum atomic E-state index is 12.2. The van der Waals surface area contributed by atoms with Crippen molar-refractivity contribution in [3.05, 3.63) is 108 Å². The summed E-state index contributed by atoms with van der Waals surface area (Å²) in [5.74, 6) is 0.0521. The molecule has 1 nitrogen and oxygen atoms in total. The predicted octanol–water partition coefficient (Wildman–Crippen LogP) is 6.04. The van der Waals surface area contributed by atoms with Gasteiger partial charge in [0.2, 0.25) is 0 Å². The third kappa shape index (κ3) is 2.46. The summed E-state index contributed by atoms with van der Waals surface area (Å²) < 4.78 is 0. The molecule has 1 aliphatic carbocycles. The summed E-state index contributed by atoms with van der Waals surface area (Å²) in [6.07, 6.45) is 3.49. The van der Waals surface area contributed by atoms with Crippen molar-refractivity contribution in [2.75, 3.05) is 0 Å². The van der Waals surface area contributed by atoms with Gasteiger partial charge in [0.05, 0.1) is 0 Å². The van der Waals surface area contributed by atoms with Gasteiger partial charge in [0.1, 0.15) is 0 Å². The van der Waals surface area contributed by atoms with Gasteiger partial charge in [-0.1, -0.05) is 72.8 Å². The summed E-state index contributed by atoms with van der Waals surface area (Å²) in [6.45, 7) is 0. The first-order chi connectivity index (χ1) is 12.8. The van der Waals surface area contributed by atoms with Crippen LogP contribution in [0.5, 0.6) is 0 Å². The van der Waals surface area contributed by atoms with Crippen molar-refractivity contribution in [1.82, 2.24) is 0 Å². The molecule has 0 saturated carbocycles. The summed E-state index contributed by atoms with van der Waals surface area (Å²) in [5.41, 5.74) is 4.15. The SMILES string of the molecule is O=C1C=C(c2ccc3ccccc3c2)C(c2ccc3ccccc3c2)=C1. The Kier molecular flexibility index (Phi) is 3.32. The van der Waals surface area contributed by atoms with E-state index in [-0.39, 0.29) is 5.78 Å². The fourth-order valence-electron chi connectivity index (χ4n) is 3.67. The van der Waals surface area contributed by atoms with Gasteiger partial charge in [0.15, 0.2) is 5.78 Å². The van der Waals surface area contributed by atoms with Gasteiger partial charge in [-0.15, -0.1) is 0 Å². The first-order valence-electron chi connectivity index (χ1n) is 8.74. The Morgan fingerprint density at radius 3 is 1.35 bits per heavy atom. The molecule has 0 aromatic heterocycles. The lowest BCUT2D eigenvalue weighted by molar-refractivity contribution is -0.110. The molecule has 0 N–H and O–H groups in total. The third-order valence-corrected chi connectivity index (χ3v) is 4.98. The van der Waals surface area contributed by atoms with Crippen LogP contribution in [0.15, 0.2) is 97.1 Å². The van der Waals surface area contributed by atoms with Crippen LogP contribution in [-0.2, 0) is 4.79 Å². The summed E-state index contributed by atoms with van der Waals surface area (Å²) in [7, 11) is 0. The average molecular weight is 332 g/mol. The number of allylic oxidation sites excluding steroid dienone is 4. The maximum Gasteiger partial charge on any atom is 0.179 e. The number of fused-ring (bicyclic) bond motifs is 2. The van der Waals surface area contributed by atoms with E-state index in [4.69, 9.17) is 0 Å². The quantitative estimate of drug-likeness (QED) is 0.437. The normalized spacial score (nSPS) is 13.9. The zero-order valence-electron chi connectivity index (χ0n) is 14.1. The Balaban J connectivity index is 1.64. The fraction of sp³-hybridized carbons (Fsp3) is 0. The molecule has 0 fully saturated rings. The zero-order chi connectivity index (χ0) is 17.5. The molecule has 122 valence electrons. The minimum Gasteiger partial charge on any atom is -0.290 e. The van der Waals surface area contributed by atoms with E-state index < -0.39 is 0 Å². The fourth-order valence-corrected chi connectivity index (χ4v) is 3.67. The van der Waals surface area contributed by atoms with Crippen molar-refractivity contribution in [2.24, 2.45) is 0 Å². The standard InChI is InChI=1S/C25H16O/c26-23-15-24(21-11-9-17-5-1-3-7-19(17)13-21)25(16-23)22-12-10-18-6-2-4-8-20(18)14-22/h1-16H. The number of carbonyl (C=O) groups is 1. The topological polar surface area (TPSA) is 17.1 Å². The highest BCUT2D eigenvalue weighted by Crippen LogP contribution is 2.37. The van der Waals surface area contributed by atoms with E-state index in [1.807, 2.05) is 24.3 Å². The van der Waals surface area contributed by atoms with Gasteiger partial charge in [-0.05, 0) is 68.1 Å². The van der Waals surface area contributed by atoms with Gasteiger partial charge in [-0.25, -0.2) is 0 Å². The lowest BCUT2D eigenvalue weighted by Crippen LogP contribution is -1.89. The number of carbonyl (C=O) groups excluding carboxylic acids is 1. The molecular weight excluding hydrogens is 316 g/mol. The number of rotatable bonds is 2. The Bertz CT molecular complexity index is 1140. The molecule has 0 heterocycles. The first kappa shape index (κ1) is 14.9. The molecule has 0 radical (unpaired) electrons. The highest BCUT2D eigenvalue weighted by Gasteiger charge is 2.19. The zero-order valence-corrected chi connectivity index (χ0v) is 14.1. The molecule has 4 aromatic carbocycles. The van der Waals surface area contributed by atoms with Crippen molar-refractivity contribution in [3.8, 4) is 0 Å². The van der Waals surface area contributed by atoms with Gasteiger partial charge >= 0.3 is 0 Å². The van der Waals surface area contributed by atoms with E-state index in [9.17, 15) is 4.79 Å². The van der Waals surface area contributed by atoms with Gasteiger partial charge in [-0.3, -0.25) is 4.79 Å². The van der Waals surface area contributed by atoms with Crippen LogP contribution < -0.4 is 0 Å². The average Bonchev–Trinajstić information content (AvgIpc) is 3.09. The van der Waals surface area contributed by atoms with Crippen molar-refractivity contribution in [3.63, 3.8) is 0 Å². The second kappa shape index (κ2) is 5.82. The molecule has 4 aromatic rings. The molecule has 1 aliphatic rings. The lowest BCUT2D eigenvalue weighted by atomic mass is 9.92. The molecule has 0 unspecified atom stereocenters. The molecule has 0 spiro atoms. The Hall–Kier alpha value is -3.45. The molecule has 1 heteroatoms. The van der Waals surface area contributed by atoms with Crippen molar-refractivity contribution >= 4 is 38.5 Å². The van der Waals surface area contributed by atoms with Gasteiger partial charge < -0.3 is 0 Å². The van der Waals surface area contributed by atoms with Gasteiger partial charge in [-0.2, -0.15) is 0 Å². The van der Waals surface area contributed by atoms with Crippen molar-refractivity contribution in [2.45, 2.75) is 0 Å². The molecular formula is C25H16O. The van der Waals surface area contributed by atoms with Crippen LogP contribution in [0.3, 0.4) is 0 Å². The number of hydrogen-bond acceptors (Lipinski definition) is 1. The van der Waals surface area contributed by atoms with E-state index in [1.54, 1.807) is 12.2 Å². The molecule has 5 rings (SSSR count). The van der Waals surface area contributed by atoms with E-state index >= 15 is 0 Å². The second-order valence-corrected chi connectivity index (χ2v) is 6.64. The summed E-state index contributed by atoms with van der Waals surface area (Å²) >= 11 is 0. The lowest BCUT2D eigenvalue weighted by Gasteiger charge is -2.11. The van der Waals surface area contributed by atoms with Crippen LogP contribution in [0.1, 0.15) is 11.1 Å². The summed E-state index contributed by atoms with van der Waals surface area (Å²) in [5, 5.41) is 4.78. The summed E-state index contributed by atoms with van der Waals surface area (Å²) in [4.78, 5) is 12.2. The molecule has 0 bridgehead atoms. The smallest absolute Gasteiger partial charge is 0.179 e. The van der Waals surface area contributed by atoms with E-state index in [1.165, 1.54) is 21.5 Å². The minimum absolute atomic E-state index is 0.0521. The number of ketones is 1. The van der Waals surface area contributed by atoms with E-state index in [0.717, 1.165) is 22.3 Å². The minimum atomic E-state index is 0.0521. The van der Waals surface area contributed by atoms with Crippen LogP contribution >= 0.6 is 0 Å². The Morgan fingerprint density at radius 2 is 0.885 bits per heavy atom. The molecule has 0 atom stereocenters. The van der Waals surface area contributed by atoms with Crippen LogP contribution in [0, 0.1) is 0 Å². The van der Waals surface area contributed by atoms with Crippen LogP contribution in [0.25, 0.3) is 32.7 Å². The second-order valence-electron chi connectivity index (χ2n) is 6.64. The van der Waals surface area contributed by atoms with E-state index in [0.29, 0.717) is 0 Å². The highest BCUT2D eigenvalue weighted by molar-refractivity contribution is 6.26. The number of benzene rings is 4. The van der Waals surface area contributed by atoms with E-state index in [2.05, 4.69) is 60.7 Å². The molecule has 0 aliphatic heterocycles. The van der Waals surface area contributed by atoms with Crippen LogP contribution in [0.4, 0.5) is 0 Å².